The summed E-state index contributed by atoms with van der Waals surface area (Å²) in [6.07, 6.45) is 0.690. The molecular formula is C6H13N5O4. The lowest BCUT2D eigenvalue weighted by atomic mass is 10.2. The lowest BCUT2D eigenvalue weighted by Gasteiger charge is -2.06. The van der Waals surface area contributed by atoms with Crippen LogP contribution in [0.4, 0.5) is 0 Å². The molecule has 86 valence electrons. The summed E-state index contributed by atoms with van der Waals surface area (Å²) in [6.45, 7) is 0.282. The Balaban J connectivity index is 3.63. The van der Waals surface area contributed by atoms with Crippen LogP contribution in [0.1, 0.15) is 12.8 Å². The highest BCUT2D eigenvalue weighted by atomic mass is 16.7. The minimum Gasteiger partial charge on any atom is -0.480 e. The Hall–Kier alpha value is -1.90. The fraction of sp³-hybridized carbons (Fsp3) is 0.667. The number of carboxylic acids is 1. The van der Waals surface area contributed by atoms with Gasteiger partial charge in [0.15, 0.2) is 5.03 Å². The summed E-state index contributed by atoms with van der Waals surface area (Å²) < 4.78 is 0. The summed E-state index contributed by atoms with van der Waals surface area (Å²) in [7, 11) is 0. The first-order chi connectivity index (χ1) is 6.93. The molecule has 0 amide bonds. The first-order valence-electron chi connectivity index (χ1n) is 4.14. The van der Waals surface area contributed by atoms with Crippen LogP contribution in [0.15, 0.2) is 5.10 Å². The summed E-state index contributed by atoms with van der Waals surface area (Å²) in [5, 5.41) is 22.6. The summed E-state index contributed by atoms with van der Waals surface area (Å²) in [4.78, 5) is 20.1. The summed E-state index contributed by atoms with van der Waals surface area (Å²) in [6, 6.07) is -0.930. The van der Waals surface area contributed by atoms with E-state index in [0.29, 0.717) is 6.42 Å². The molecule has 0 aliphatic rings. The zero-order chi connectivity index (χ0) is 11.8. The van der Waals surface area contributed by atoms with E-state index in [-0.39, 0.29) is 18.9 Å². The van der Waals surface area contributed by atoms with E-state index < -0.39 is 17.0 Å². The Kier molecular flexibility index (Phi) is 5.71. The van der Waals surface area contributed by atoms with Crippen LogP contribution in [0.2, 0.25) is 0 Å². The molecular weight excluding hydrogens is 206 g/mol. The van der Waals surface area contributed by atoms with Gasteiger partial charge in [0.1, 0.15) is 11.1 Å². The maximum atomic E-state index is 10.3. The van der Waals surface area contributed by atoms with Gasteiger partial charge < -0.3 is 21.9 Å². The molecule has 6 N–H and O–H groups in total. The minimum absolute atomic E-state index is 0.258. The van der Waals surface area contributed by atoms with Crippen molar-refractivity contribution in [1.82, 2.24) is 5.32 Å². The number of hydrogen-bond donors (Lipinski definition) is 4. The van der Waals surface area contributed by atoms with Gasteiger partial charge in [0.2, 0.25) is 0 Å². The van der Waals surface area contributed by atoms with Gasteiger partial charge in [0.05, 0.1) is 0 Å². The van der Waals surface area contributed by atoms with E-state index in [1.165, 1.54) is 0 Å². The molecule has 0 aliphatic heterocycles. The monoisotopic (exact) mass is 219 g/mol. The van der Waals surface area contributed by atoms with Gasteiger partial charge in [-0.1, -0.05) is 0 Å². The van der Waals surface area contributed by atoms with Crippen LogP contribution in [-0.4, -0.2) is 34.7 Å². The number of aliphatic carboxylic acids is 1. The molecule has 0 aromatic rings. The van der Waals surface area contributed by atoms with Crippen LogP contribution >= 0.6 is 0 Å². The molecule has 0 bridgehead atoms. The van der Waals surface area contributed by atoms with Crippen molar-refractivity contribution in [1.29, 1.82) is 0 Å². The lowest BCUT2D eigenvalue weighted by Crippen LogP contribution is -2.35. The van der Waals surface area contributed by atoms with E-state index in [9.17, 15) is 14.9 Å². The van der Waals surface area contributed by atoms with Crippen LogP contribution in [0.3, 0.4) is 0 Å². The maximum Gasteiger partial charge on any atom is 0.320 e. The SMILES string of the molecule is N/C(=N\[N+](=O)[O-])NCCCC(N)C(=O)O. The molecule has 9 nitrogen and oxygen atoms in total. The van der Waals surface area contributed by atoms with Gasteiger partial charge in [-0.25, -0.2) is 10.1 Å². The molecule has 15 heavy (non-hydrogen) atoms. The van der Waals surface area contributed by atoms with Crippen molar-refractivity contribution in [3.8, 4) is 0 Å². The van der Waals surface area contributed by atoms with E-state index in [0.717, 1.165) is 0 Å². The van der Waals surface area contributed by atoms with E-state index in [2.05, 4.69) is 10.4 Å². The Labute approximate surface area is 85.3 Å². The second-order valence-electron chi connectivity index (χ2n) is 2.74. The number of rotatable bonds is 6. The second-order valence-corrected chi connectivity index (χ2v) is 2.74. The molecule has 0 heterocycles. The number of hydrazone groups is 1. The van der Waals surface area contributed by atoms with Crippen LogP contribution in [0.5, 0.6) is 0 Å². The molecule has 1 atom stereocenters. The molecule has 0 aromatic carbocycles. The molecule has 0 fully saturated rings. The van der Waals surface area contributed by atoms with Crippen LogP contribution < -0.4 is 16.8 Å². The fourth-order valence-electron chi connectivity index (χ4n) is 0.785. The van der Waals surface area contributed by atoms with Crippen molar-refractivity contribution in [3.63, 3.8) is 0 Å². The normalized spacial score (nSPS) is 13.3. The zero-order valence-corrected chi connectivity index (χ0v) is 7.92. The molecule has 0 aromatic heterocycles. The predicted molar refractivity (Wildman–Crippen MR) is 51.5 cm³/mol. The summed E-state index contributed by atoms with van der Waals surface area (Å²) >= 11 is 0. The molecule has 0 radical (unpaired) electrons. The van der Waals surface area contributed by atoms with Gasteiger partial charge in [-0.05, 0) is 12.8 Å². The van der Waals surface area contributed by atoms with E-state index in [4.69, 9.17) is 16.6 Å². The quantitative estimate of drug-likeness (QED) is 0.136. The van der Waals surface area contributed by atoms with Gasteiger partial charge in [0.25, 0.3) is 5.96 Å². The highest BCUT2D eigenvalue weighted by Crippen LogP contribution is 1.92. The maximum absolute atomic E-state index is 10.3. The Morgan fingerprint density at radius 1 is 1.67 bits per heavy atom. The third kappa shape index (κ3) is 7.19. The van der Waals surface area contributed by atoms with Crippen molar-refractivity contribution in [2.45, 2.75) is 18.9 Å². The zero-order valence-electron chi connectivity index (χ0n) is 7.92. The molecule has 0 aliphatic carbocycles. The van der Waals surface area contributed by atoms with Crippen molar-refractivity contribution in [2.24, 2.45) is 16.6 Å². The van der Waals surface area contributed by atoms with E-state index in [1.54, 1.807) is 0 Å². The standard InChI is InChI=1S/C6H13N5O4/c7-4(5(12)13)2-1-3-9-6(8)10-11(14)15/h4H,1-3,7H2,(H,12,13)(H3,8,9,10). The summed E-state index contributed by atoms with van der Waals surface area (Å²) in [5.41, 5.74) is 10.3. The number of hydrogen-bond acceptors (Lipinski definition) is 4. The van der Waals surface area contributed by atoms with Gasteiger partial charge in [-0.15, -0.1) is 0 Å². The highest BCUT2D eigenvalue weighted by molar-refractivity contribution is 5.77. The number of nitro groups is 1. The molecule has 1 unspecified atom stereocenters. The third-order valence-electron chi connectivity index (χ3n) is 1.50. The topological polar surface area (TPSA) is 157 Å². The molecule has 0 spiro atoms. The second kappa shape index (κ2) is 6.54. The Bertz CT molecular complexity index is 266. The molecule has 0 saturated carbocycles. The van der Waals surface area contributed by atoms with Crippen LogP contribution in [0, 0.1) is 10.1 Å². The third-order valence-corrected chi connectivity index (χ3v) is 1.50. The van der Waals surface area contributed by atoms with Crippen molar-refractivity contribution in [2.75, 3.05) is 6.54 Å². The van der Waals surface area contributed by atoms with Gasteiger partial charge >= 0.3 is 5.97 Å². The number of guanidine groups is 1. The highest BCUT2D eigenvalue weighted by Gasteiger charge is 2.10. The molecule has 0 saturated heterocycles. The van der Waals surface area contributed by atoms with Crippen LogP contribution in [0.25, 0.3) is 0 Å². The average molecular weight is 219 g/mol. The Morgan fingerprint density at radius 3 is 2.73 bits per heavy atom. The molecule has 0 rings (SSSR count). The van der Waals surface area contributed by atoms with Crippen molar-refractivity contribution in [3.05, 3.63) is 10.1 Å². The number of nitrogens with two attached hydrogens (primary N) is 2. The average Bonchev–Trinajstić information content (AvgIpc) is 2.10. The number of carboxylic acid groups (broad SMARTS) is 1. The van der Waals surface area contributed by atoms with Gasteiger partial charge in [-0.2, -0.15) is 0 Å². The largest absolute Gasteiger partial charge is 0.480 e. The number of nitrogens with zero attached hydrogens (tertiary/aromatic N) is 2. The van der Waals surface area contributed by atoms with E-state index >= 15 is 0 Å². The number of nitrogens with one attached hydrogen (secondary N) is 1. The minimum atomic E-state index is -1.08. The first kappa shape index (κ1) is 13.1. The number of carbonyl (C=O) groups is 1. The van der Waals surface area contributed by atoms with Crippen LogP contribution in [-0.2, 0) is 4.79 Å². The van der Waals surface area contributed by atoms with Gasteiger partial charge in [0, 0.05) is 6.54 Å². The molecule has 9 heteroatoms. The first-order valence-corrected chi connectivity index (χ1v) is 4.14. The van der Waals surface area contributed by atoms with Gasteiger partial charge in [-0.3, -0.25) is 4.79 Å². The lowest BCUT2D eigenvalue weighted by molar-refractivity contribution is -0.485. The predicted octanol–water partition coefficient (Wildman–Crippen LogP) is -1.73. The smallest absolute Gasteiger partial charge is 0.320 e. The summed E-state index contributed by atoms with van der Waals surface area (Å²) in [5.74, 6) is -1.40. The Morgan fingerprint density at radius 2 is 2.27 bits per heavy atom. The van der Waals surface area contributed by atoms with Crippen molar-refractivity contribution < 1.29 is 14.9 Å². The fourth-order valence-corrected chi connectivity index (χ4v) is 0.785. The van der Waals surface area contributed by atoms with E-state index in [1.807, 2.05) is 0 Å². The van der Waals surface area contributed by atoms with Crippen molar-refractivity contribution >= 4 is 11.9 Å².